The molecule has 0 bridgehead atoms. The highest BCUT2D eigenvalue weighted by Gasteiger charge is 2.16. The molecule has 5 nitrogen and oxygen atoms in total. The predicted molar refractivity (Wildman–Crippen MR) is 108 cm³/mol. The van der Waals surface area contributed by atoms with Crippen molar-refractivity contribution < 1.29 is 13.2 Å². The smallest absolute Gasteiger partial charge is 0.251 e. The molecule has 2 aromatic rings. The Morgan fingerprint density at radius 2 is 1.74 bits per heavy atom. The topological polar surface area (TPSA) is 75.3 Å². The normalized spacial score (nSPS) is 11.5. The Balaban J connectivity index is 1.88. The maximum atomic E-state index is 12.4. The Morgan fingerprint density at radius 3 is 2.44 bits per heavy atom. The maximum absolute atomic E-state index is 12.4. The fourth-order valence-electron chi connectivity index (χ4n) is 2.61. The first kappa shape index (κ1) is 21.1. The van der Waals surface area contributed by atoms with Gasteiger partial charge in [0, 0.05) is 18.7 Å². The van der Waals surface area contributed by atoms with Gasteiger partial charge in [-0.25, -0.2) is 13.1 Å². The summed E-state index contributed by atoms with van der Waals surface area (Å²) in [7, 11) is -3.60. The van der Waals surface area contributed by atoms with Crippen molar-refractivity contribution in [3.63, 3.8) is 0 Å². The van der Waals surface area contributed by atoms with Gasteiger partial charge in [0.15, 0.2) is 0 Å². The standard InChI is InChI=1S/C21H28N2O3S/c1-17(2)13-15-23-27(25,26)20-12-6-11-19(16-20)21(24)22-14-7-10-18-8-4-3-5-9-18/h3-6,8-9,11-12,16-17,23H,7,10,13-15H2,1-2H3,(H,22,24). The minimum Gasteiger partial charge on any atom is -0.352 e. The lowest BCUT2D eigenvalue weighted by Crippen LogP contribution is -2.27. The average Bonchev–Trinajstić information content (AvgIpc) is 2.65. The van der Waals surface area contributed by atoms with E-state index in [1.165, 1.54) is 17.7 Å². The molecule has 6 heteroatoms. The van der Waals surface area contributed by atoms with Crippen molar-refractivity contribution >= 4 is 15.9 Å². The monoisotopic (exact) mass is 388 g/mol. The largest absolute Gasteiger partial charge is 0.352 e. The average molecular weight is 389 g/mol. The second-order valence-corrected chi connectivity index (χ2v) is 8.72. The van der Waals surface area contributed by atoms with E-state index in [1.807, 2.05) is 32.0 Å². The Morgan fingerprint density at radius 1 is 1.00 bits per heavy atom. The number of hydrogen-bond donors (Lipinski definition) is 2. The van der Waals surface area contributed by atoms with Crippen molar-refractivity contribution in [1.29, 1.82) is 0 Å². The summed E-state index contributed by atoms with van der Waals surface area (Å²) < 4.78 is 27.3. The van der Waals surface area contributed by atoms with Gasteiger partial charge in [-0.05, 0) is 48.9 Å². The van der Waals surface area contributed by atoms with Crippen LogP contribution in [0.1, 0.15) is 42.6 Å². The first-order valence-electron chi connectivity index (χ1n) is 9.30. The van der Waals surface area contributed by atoms with Crippen LogP contribution in [0.2, 0.25) is 0 Å². The zero-order chi connectivity index (χ0) is 19.7. The Bertz CT molecular complexity index is 834. The molecule has 0 atom stereocenters. The molecular formula is C21H28N2O3S. The third kappa shape index (κ3) is 7.15. The van der Waals surface area contributed by atoms with E-state index in [9.17, 15) is 13.2 Å². The van der Waals surface area contributed by atoms with E-state index >= 15 is 0 Å². The molecule has 0 heterocycles. The molecule has 0 aliphatic carbocycles. The molecule has 0 fully saturated rings. The summed E-state index contributed by atoms with van der Waals surface area (Å²) in [5.74, 6) is 0.156. The Labute approximate surface area is 162 Å². The van der Waals surface area contributed by atoms with Crippen LogP contribution in [0.3, 0.4) is 0 Å². The minimum absolute atomic E-state index is 0.114. The van der Waals surface area contributed by atoms with E-state index < -0.39 is 10.0 Å². The van der Waals surface area contributed by atoms with Crippen LogP contribution in [-0.2, 0) is 16.4 Å². The number of sulfonamides is 1. The van der Waals surface area contributed by atoms with Crippen molar-refractivity contribution in [3.05, 3.63) is 65.7 Å². The van der Waals surface area contributed by atoms with Gasteiger partial charge in [0.2, 0.25) is 10.0 Å². The molecule has 1 amide bonds. The van der Waals surface area contributed by atoms with Crippen LogP contribution in [0.25, 0.3) is 0 Å². The van der Waals surface area contributed by atoms with Crippen molar-refractivity contribution in [1.82, 2.24) is 10.0 Å². The van der Waals surface area contributed by atoms with E-state index in [-0.39, 0.29) is 10.8 Å². The molecule has 146 valence electrons. The van der Waals surface area contributed by atoms with Crippen LogP contribution < -0.4 is 10.0 Å². The van der Waals surface area contributed by atoms with Crippen LogP contribution in [0.15, 0.2) is 59.5 Å². The number of hydrogen-bond acceptors (Lipinski definition) is 3. The summed E-state index contributed by atoms with van der Waals surface area (Å²) in [6, 6.07) is 16.2. The highest BCUT2D eigenvalue weighted by molar-refractivity contribution is 7.89. The minimum atomic E-state index is -3.60. The van der Waals surface area contributed by atoms with Crippen LogP contribution in [-0.4, -0.2) is 27.4 Å². The fraction of sp³-hybridized carbons (Fsp3) is 0.381. The third-order valence-electron chi connectivity index (χ3n) is 4.19. The van der Waals surface area contributed by atoms with E-state index in [2.05, 4.69) is 22.2 Å². The quantitative estimate of drug-likeness (QED) is 0.613. The zero-order valence-corrected chi connectivity index (χ0v) is 16.8. The van der Waals surface area contributed by atoms with E-state index in [4.69, 9.17) is 0 Å². The van der Waals surface area contributed by atoms with E-state index in [1.54, 1.807) is 12.1 Å². The highest BCUT2D eigenvalue weighted by atomic mass is 32.2. The second kappa shape index (κ2) is 10.2. The highest BCUT2D eigenvalue weighted by Crippen LogP contribution is 2.12. The molecule has 0 spiro atoms. The maximum Gasteiger partial charge on any atom is 0.251 e. The summed E-state index contributed by atoms with van der Waals surface area (Å²) in [5.41, 5.74) is 1.58. The first-order chi connectivity index (χ1) is 12.9. The van der Waals surface area contributed by atoms with Crippen LogP contribution in [0.4, 0.5) is 0 Å². The van der Waals surface area contributed by atoms with Gasteiger partial charge < -0.3 is 5.32 Å². The summed E-state index contributed by atoms with van der Waals surface area (Å²) in [6.07, 6.45) is 2.47. The van der Waals surface area contributed by atoms with E-state index in [0.29, 0.717) is 24.6 Å². The van der Waals surface area contributed by atoms with Gasteiger partial charge in [0.05, 0.1) is 4.90 Å². The molecule has 0 aliphatic rings. The van der Waals surface area contributed by atoms with Crippen molar-refractivity contribution in [2.24, 2.45) is 5.92 Å². The van der Waals surface area contributed by atoms with Crippen LogP contribution in [0.5, 0.6) is 0 Å². The fourth-order valence-corrected chi connectivity index (χ4v) is 3.70. The number of nitrogens with one attached hydrogen (secondary N) is 2. The lowest BCUT2D eigenvalue weighted by Gasteiger charge is -2.10. The van der Waals surface area contributed by atoms with Crippen molar-refractivity contribution in [2.75, 3.05) is 13.1 Å². The molecule has 0 aromatic heterocycles. The van der Waals surface area contributed by atoms with Crippen LogP contribution in [0, 0.1) is 5.92 Å². The molecule has 0 radical (unpaired) electrons. The summed E-state index contributed by atoms with van der Waals surface area (Å²) in [5, 5.41) is 2.85. The lowest BCUT2D eigenvalue weighted by molar-refractivity contribution is 0.0953. The van der Waals surface area contributed by atoms with Gasteiger partial charge in [-0.15, -0.1) is 0 Å². The lowest BCUT2D eigenvalue weighted by atomic mass is 10.1. The number of aryl methyl sites for hydroxylation is 1. The molecule has 0 saturated carbocycles. The molecule has 0 unspecified atom stereocenters. The summed E-state index contributed by atoms with van der Waals surface area (Å²) >= 11 is 0. The Kier molecular flexibility index (Phi) is 8.00. The van der Waals surface area contributed by atoms with E-state index in [0.717, 1.165) is 19.3 Å². The first-order valence-corrected chi connectivity index (χ1v) is 10.8. The number of benzene rings is 2. The summed E-state index contributed by atoms with van der Waals surface area (Å²) in [4.78, 5) is 12.4. The molecule has 2 rings (SSSR count). The van der Waals surface area contributed by atoms with Gasteiger partial charge in [-0.2, -0.15) is 0 Å². The van der Waals surface area contributed by atoms with Gasteiger partial charge in [-0.3, -0.25) is 4.79 Å². The van der Waals surface area contributed by atoms with Gasteiger partial charge in [0.25, 0.3) is 5.91 Å². The summed E-state index contributed by atoms with van der Waals surface area (Å²) in [6.45, 7) is 5.00. The predicted octanol–water partition coefficient (Wildman–Crippen LogP) is 3.37. The third-order valence-corrected chi connectivity index (χ3v) is 5.65. The zero-order valence-electron chi connectivity index (χ0n) is 15.9. The SMILES string of the molecule is CC(C)CCNS(=O)(=O)c1cccc(C(=O)NCCCc2ccccc2)c1. The van der Waals surface area contributed by atoms with Gasteiger partial charge in [0.1, 0.15) is 0 Å². The molecule has 2 N–H and O–H groups in total. The van der Waals surface area contributed by atoms with Crippen LogP contribution >= 0.6 is 0 Å². The number of carbonyl (C=O) groups is 1. The van der Waals surface area contributed by atoms with Crippen molar-refractivity contribution in [2.45, 2.75) is 38.0 Å². The number of rotatable bonds is 10. The van der Waals surface area contributed by atoms with Crippen molar-refractivity contribution in [3.8, 4) is 0 Å². The molecule has 0 saturated heterocycles. The van der Waals surface area contributed by atoms with Gasteiger partial charge in [-0.1, -0.05) is 50.2 Å². The second-order valence-electron chi connectivity index (χ2n) is 6.95. The molecule has 2 aromatic carbocycles. The molecule has 0 aliphatic heterocycles. The number of carbonyl (C=O) groups excluding carboxylic acids is 1. The Hall–Kier alpha value is -2.18. The van der Waals surface area contributed by atoms with Gasteiger partial charge >= 0.3 is 0 Å². The number of amides is 1. The molecule has 27 heavy (non-hydrogen) atoms. The molecular weight excluding hydrogens is 360 g/mol.